The van der Waals surface area contributed by atoms with Gasteiger partial charge in [-0.2, -0.15) is 13.2 Å². The second kappa shape index (κ2) is 6.38. The van der Waals surface area contributed by atoms with Gasteiger partial charge in [0.15, 0.2) is 0 Å². The molecule has 0 amide bonds. The number of nitrogens with two attached hydrogens (primary N) is 1. The summed E-state index contributed by atoms with van der Waals surface area (Å²) in [5.74, 6) is -0.496. The lowest BCUT2D eigenvalue weighted by Crippen LogP contribution is -2.35. The van der Waals surface area contributed by atoms with E-state index >= 15 is 0 Å². The molecular weight excluding hydrogens is 249 g/mol. The average molecular weight is 268 g/mol. The standard InChI is InChI=1S/C11H19F3N2O2/c1-8(15)10(17)18-9-3-2-5-16(6-4-9)7-11(12,13)14/h8-9H,2-7,15H2,1H3. The summed E-state index contributed by atoms with van der Waals surface area (Å²) < 4.78 is 41.9. The Balaban J connectivity index is 2.39. The van der Waals surface area contributed by atoms with E-state index in [1.807, 2.05) is 0 Å². The molecule has 1 heterocycles. The minimum absolute atomic E-state index is 0.288. The van der Waals surface area contributed by atoms with Crippen LogP contribution in [0.1, 0.15) is 26.2 Å². The van der Waals surface area contributed by atoms with Gasteiger partial charge in [0.2, 0.25) is 0 Å². The number of likely N-dealkylation sites (tertiary alicyclic amines) is 1. The Kier molecular flexibility index (Phi) is 5.40. The first-order valence-electron chi connectivity index (χ1n) is 6.03. The lowest BCUT2D eigenvalue weighted by molar-refractivity contribution is -0.152. The number of carbonyl (C=O) groups excluding carboxylic acids is 1. The first kappa shape index (κ1) is 15.2. The van der Waals surface area contributed by atoms with Crippen molar-refractivity contribution in [1.82, 2.24) is 4.90 Å². The fourth-order valence-corrected chi connectivity index (χ4v) is 1.93. The van der Waals surface area contributed by atoms with Crippen LogP contribution in [0.3, 0.4) is 0 Å². The Morgan fingerprint density at radius 2 is 2.11 bits per heavy atom. The molecule has 1 aliphatic rings. The number of hydrogen-bond acceptors (Lipinski definition) is 4. The van der Waals surface area contributed by atoms with E-state index in [1.165, 1.54) is 11.8 Å². The second-order valence-electron chi connectivity index (χ2n) is 4.67. The largest absolute Gasteiger partial charge is 0.461 e. The molecule has 0 aromatic rings. The van der Waals surface area contributed by atoms with Gasteiger partial charge in [-0.1, -0.05) is 0 Å². The van der Waals surface area contributed by atoms with Crippen LogP contribution in [0.4, 0.5) is 13.2 Å². The Labute approximate surface area is 104 Å². The van der Waals surface area contributed by atoms with Crippen molar-refractivity contribution in [3.63, 3.8) is 0 Å². The van der Waals surface area contributed by atoms with Crippen molar-refractivity contribution in [2.24, 2.45) is 5.73 Å². The Bertz CT molecular complexity index is 282. The fourth-order valence-electron chi connectivity index (χ4n) is 1.93. The van der Waals surface area contributed by atoms with Crippen LogP contribution < -0.4 is 5.73 Å². The Hall–Kier alpha value is -0.820. The lowest BCUT2D eigenvalue weighted by atomic mass is 10.1. The maximum atomic E-state index is 12.2. The number of esters is 1. The topological polar surface area (TPSA) is 55.6 Å². The first-order chi connectivity index (χ1) is 8.28. The zero-order chi connectivity index (χ0) is 13.8. The van der Waals surface area contributed by atoms with E-state index in [4.69, 9.17) is 10.5 Å². The van der Waals surface area contributed by atoms with Crippen LogP contribution in [0.5, 0.6) is 0 Å². The summed E-state index contributed by atoms with van der Waals surface area (Å²) in [7, 11) is 0. The number of ether oxygens (including phenoxy) is 1. The second-order valence-corrected chi connectivity index (χ2v) is 4.67. The summed E-state index contributed by atoms with van der Waals surface area (Å²) >= 11 is 0. The van der Waals surface area contributed by atoms with Crippen molar-refractivity contribution in [3.05, 3.63) is 0 Å². The van der Waals surface area contributed by atoms with Gasteiger partial charge < -0.3 is 10.5 Å². The van der Waals surface area contributed by atoms with Crippen LogP contribution in [-0.4, -0.2) is 48.8 Å². The third-order valence-electron chi connectivity index (χ3n) is 2.83. The Morgan fingerprint density at radius 1 is 1.44 bits per heavy atom. The minimum atomic E-state index is -4.18. The molecule has 0 radical (unpaired) electrons. The lowest BCUT2D eigenvalue weighted by Gasteiger charge is -2.21. The third-order valence-corrected chi connectivity index (χ3v) is 2.83. The monoisotopic (exact) mass is 268 g/mol. The maximum absolute atomic E-state index is 12.2. The van der Waals surface area contributed by atoms with Crippen molar-refractivity contribution >= 4 is 5.97 Å². The molecule has 0 bridgehead atoms. The predicted octanol–water partition coefficient (Wildman–Crippen LogP) is 1.29. The molecule has 0 saturated carbocycles. The van der Waals surface area contributed by atoms with Crippen LogP contribution in [0.15, 0.2) is 0 Å². The number of hydrogen-bond donors (Lipinski definition) is 1. The molecule has 7 heteroatoms. The molecule has 106 valence electrons. The van der Waals surface area contributed by atoms with E-state index in [0.29, 0.717) is 25.8 Å². The molecule has 0 spiro atoms. The van der Waals surface area contributed by atoms with E-state index in [-0.39, 0.29) is 12.6 Å². The molecule has 0 aliphatic carbocycles. The van der Waals surface area contributed by atoms with Crippen molar-refractivity contribution in [2.45, 2.75) is 44.5 Å². The molecule has 2 atom stereocenters. The third kappa shape index (κ3) is 5.68. The molecule has 1 fully saturated rings. The molecule has 2 unspecified atom stereocenters. The number of alkyl halides is 3. The van der Waals surface area contributed by atoms with Gasteiger partial charge in [0, 0.05) is 6.54 Å². The van der Waals surface area contributed by atoms with Crippen molar-refractivity contribution in [2.75, 3.05) is 19.6 Å². The number of rotatable bonds is 3. The zero-order valence-electron chi connectivity index (χ0n) is 10.4. The van der Waals surface area contributed by atoms with Gasteiger partial charge in [-0.15, -0.1) is 0 Å². The van der Waals surface area contributed by atoms with Crippen LogP contribution in [-0.2, 0) is 9.53 Å². The molecule has 0 aromatic heterocycles. The van der Waals surface area contributed by atoms with E-state index < -0.39 is 24.7 Å². The summed E-state index contributed by atoms with van der Waals surface area (Å²) in [5.41, 5.74) is 5.37. The summed E-state index contributed by atoms with van der Waals surface area (Å²) in [6.07, 6.45) is -2.89. The van der Waals surface area contributed by atoms with Crippen LogP contribution in [0.2, 0.25) is 0 Å². The highest BCUT2D eigenvalue weighted by molar-refractivity contribution is 5.75. The summed E-state index contributed by atoms with van der Waals surface area (Å²) in [5, 5.41) is 0. The molecular formula is C11H19F3N2O2. The van der Waals surface area contributed by atoms with Crippen LogP contribution >= 0.6 is 0 Å². The summed E-state index contributed by atoms with van der Waals surface area (Å²) in [6, 6.07) is -0.695. The Morgan fingerprint density at radius 3 is 2.67 bits per heavy atom. The normalized spacial score (nSPS) is 24.4. The highest BCUT2D eigenvalue weighted by Gasteiger charge is 2.32. The van der Waals surface area contributed by atoms with Gasteiger partial charge in [-0.25, -0.2) is 0 Å². The van der Waals surface area contributed by atoms with Crippen LogP contribution in [0, 0.1) is 0 Å². The van der Waals surface area contributed by atoms with Crippen molar-refractivity contribution in [1.29, 1.82) is 0 Å². The fraction of sp³-hybridized carbons (Fsp3) is 0.909. The van der Waals surface area contributed by atoms with Gasteiger partial charge >= 0.3 is 12.1 Å². The zero-order valence-corrected chi connectivity index (χ0v) is 10.4. The van der Waals surface area contributed by atoms with E-state index in [9.17, 15) is 18.0 Å². The van der Waals surface area contributed by atoms with Crippen molar-refractivity contribution in [3.8, 4) is 0 Å². The maximum Gasteiger partial charge on any atom is 0.401 e. The smallest absolute Gasteiger partial charge is 0.401 e. The molecule has 1 rings (SSSR count). The summed E-state index contributed by atoms with van der Waals surface area (Å²) in [6.45, 7) is 1.29. The summed E-state index contributed by atoms with van der Waals surface area (Å²) in [4.78, 5) is 12.6. The molecule has 4 nitrogen and oxygen atoms in total. The van der Waals surface area contributed by atoms with Gasteiger partial charge in [0.25, 0.3) is 0 Å². The van der Waals surface area contributed by atoms with Crippen LogP contribution in [0.25, 0.3) is 0 Å². The molecule has 0 aromatic carbocycles. The predicted molar refractivity (Wildman–Crippen MR) is 59.9 cm³/mol. The number of halogens is 3. The molecule has 18 heavy (non-hydrogen) atoms. The number of carbonyl (C=O) groups is 1. The first-order valence-corrected chi connectivity index (χ1v) is 6.03. The van der Waals surface area contributed by atoms with E-state index in [0.717, 1.165) is 0 Å². The molecule has 1 aliphatic heterocycles. The van der Waals surface area contributed by atoms with E-state index in [2.05, 4.69) is 0 Å². The van der Waals surface area contributed by atoms with E-state index in [1.54, 1.807) is 0 Å². The highest BCUT2D eigenvalue weighted by atomic mass is 19.4. The minimum Gasteiger partial charge on any atom is -0.461 e. The average Bonchev–Trinajstić information content (AvgIpc) is 2.41. The van der Waals surface area contributed by atoms with Gasteiger partial charge in [0.05, 0.1) is 6.54 Å². The SMILES string of the molecule is CC(N)C(=O)OC1CCCN(CC(F)(F)F)CC1. The van der Waals surface area contributed by atoms with Gasteiger partial charge in [-0.3, -0.25) is 9.69 Å². The quantitative estimate of drug-likeness (QED) is 0.784. The van der Waals surface area contributed by atoms with Gasteiger partial charge in [0.1, 0.15) is 12.1 Å². The highest BCUT2D eigenvalue weighted by Crippen LogP contribution is 2.20. The van der Waals surface area contributed by atoms with Crippen molar-refractivity contribution < 1.29 is 22.7 Å². The number of nitrogens with zero attached hydrogens (tertiary/aromatic N) is 1. The molecule has 1 saturated heterocycles. The molecule has 2 N–H and O–H groups in total. The van der Waals surface area contributed by atoms with Gasteiger partial charge in [-0.05, 0) is 32.7 Å².